The van der Waals surface area contributed by atoms with Crippen LogP contribution in [-0.2, 0) is 5.41 Å². The Bertz CT molecular complexity index is 380. The van der Waals surface area contributed by atoms with E-state index in [1.54, 1.807) is 0 Å². The molecule has 3 N–H and O–H groups in total. The molecule has 3 heteroatoms. The van der Waals surface area contributed by atoms with E-state index < -0.39 is 6.03 Å². The van der Waals surface area contributed by atoms with Crippen molar-refractivity contribution in [2.45, 2.75) is 39.0 Å². The summed E-state index contributed by atoms with van der Waals surface area (Å²) in [7, 11) is 0. The molecule has 1 aromatic rings. The second-order valence-corrected chi connectivity index (χ2v) is 5.38. The van der Waals surface area contributed by atoms with E-state index in [4.69, 9.17) is 5.73 Å². The molecule has 17 heavy (non-hydrogen) atoms. The summed E-state index contributed by atoms with van der Waals surface area (Å²) >= 11 is 0. The molecule has 3 nitrogen and oxygen atoms in total. The van der Waals surface area contributed by atoms with E-state index in [2.05, 4.69) is 57.3 Å². The quantitative estimate of drug-likeness (QED) is 0.827. The predicted octanol–water partition coefficient (Wildman–Crippen LogP) is 2.76. The van der Waals surface area contributed by atoms with Crippen LogP contribution in [0.1, 0.15) is 44.7 Å². The van der Waals surface area contributed by atoms with Crippen LogP contribution in [0.3, 0.4) is 0 Å². The second-order valence-electron chi connectivity index (χ2n) is 5.38. The van der Waals surface area contributed by atoms with Crippen LogP contribution in [0.2, 0.25) is 0 Å². The summed E-state index contributed by atoms with van der Waals surface area (Å²) in [5, 5.41) is 2.66. The summed E-state index contributed by atoms with van der Waals surface area (Å²) < 4.78 is 0. The maximum absolute atomic E-state index is 10.7. The molecule has 1 rings (SSSR count). The van der Waals surface area contributed by atoms with Crippen molar-refractivity contribution >= 4 is 6.03 Å². The van der Waals surface area contributed by atoms with Crippen molar-refractivity contribution in [1.82, 2.24) is 5.32 Å². The molecule has 0 spiro atoms. The molecule has 2 amide bonds. The molecule has 0 saturated heterocycles. The standard InChI is InChI=1S/C14H22N2O/c1-10(2)11-5-7-12(8-6-11)14(3,4)9-16-13(15)17/h5-8,10H,9H2,1-4H3,(H3,15,16,17). The van der Waals surface area contributed by atoms with E-state index >= 15 is 0 Å². The first kappa shape index (κ1) is 13.6. The number of carbonyl (C=O) groups is 1. The lowest BCUT2D eigenvalue weighted by atomic mass is 9.83. The SMILES string of the molecule is CC(C)c1ccc(C(C)(C)CNC(N)=O)cc1. The van der Waals surface area contributed by atoms with E-state index in [1.165, 1.54) is 11.1 Å². The smallest absolute Gasteiger partial charge is 0.312 e. The Labute approximate surface area is 103 Å². The van der Waals surface area contributed by atoms with Gasteiger partial charge in [0.25, 0.3) is 0 Å². The number of urea groups is 1. The Kier molecular flexibility index (Phi) is 4.16. The van der Waals surface area contributed by atoms with Crippen LogP contribution >= 0.6 is 0 Å². The fourth-order valence-electron chi connectivity index (χ4n) is 1.73. The number of primary amides is 1. The number of benzene rings is 1. The van der Waals surface area contributed by atoms with Gasteiger partial charge in [-0.05, 0) is 17.0 Å². The van der Waals surface area contributed by atoms with Gasteiger partial charge in [-0.3, -0.25) is 0 Å². The molecule has 1 aromatic carbocycles. The summed E-state index contributed by atoms with van der Waals surface area (Å²) in [6.07, 6.45) is 0. The van der Waals surface area contributed by atoms with Crippen LogP contribution in [0, 0.1) is 0 Å². The Hall–Kier alpha value is -1.51. The summed E-state index contributed by atoms with van der Waals surface area (Å²) in [5.41, 5.74) is 7.52. The highest BCUT2D eigenvalue weighted by Crippen LogP contribution is 2.24. The topological polar surface area (TPSA) is 55.1 Å². The molecule has 0 aliphatic carbocycles. The summed E-state index contributed by atoms with van der Waals surface area (Å²) in [4.78, 5) is 10.7. The Morgan fingerprint density at radius 3 is 2.24 bits per heavy atom. The number of nitrogens with one attached hydrogen (secondary N) is 1. The molecule has 0 radical (unpaired) electrons. The molecule has 0 heterocycles. The summed E-state index contributed by atoms with van der Waals surface area (Å²) in [6, 6.07) is 8.06. The van der Waals surface area contributed by atoms with Gasteiger partial charge in [0.15, 0.2) is 0 Å². The number of rotatable bonds is 4. The van der Waals surface area contributed by atoms with Gasteiger partial charge < -0.3 is 11.1 Å². The van der Waals surface area contributed by atoms with E-state index in [-0.39, 0.29) is 5.41 Å². The minimum Gasteiger partial charge on any atom is -0.352 e. The van der Waals surface area contributed by atoms with Crippen LogP contribution in [-0.4, -0.2) is 12.6 Å². The normalized spacial score (nSPS) is 11.6. The third kappa shape index (κ3) is 3.77. The first-order chi connectivity index (χ1) is 7.83. The van der Waals surface area contributed by atoms with Crippen LogP contribution < -0.4 is 11.1 Å². The molecular formula is C14H22N2O. The Morgan fingerprint density at radius 1 is 1.29 bits per heavy atom. The first-order valence-electron chi connectivity index (χ1n) is 5.96. The van der Waals surface area contributed by atoms with Gasteiger partial charge in [-0.2, -0.15) is 0 Å². The van der Waals surface area contributed by atoms with Crippen molar-refractivity contribution in [3.8, 4) is 0 Å². The Balaban J connectivity index is 2.80. The number of carbonyl (C=O) groups excluding carboxylic acids is 1. The molecule has 0 aliphatic rings. The van der Waals surface area contributed by atoms with Crippen molar-refractivity contribution in [2.75, 3.05) is 6.54 Å². The van der Waals surface area contributed by atoms with Crippen molar-refractivity contribution in [3.63, 3.8) is 0 Å². The average molecular weight is 234 g/mol. The molecule has 0 saturated carbocycles. The van der Waals surface area contributed by atoms with Gasteiger partial charge in [0.1, 0.15) is 0 Å². The Morgan fingerprint density at radius 2 is 1.82 bits per heavy atom. The van der Waals surface area contributed by atoms with Crippen LogP contribution in [0.4, 0.5) is 4.79 Å². The summed E-state index contributed by atoms with van der Waals surface area (Å²) in [5.74, 6) is 0.538. The zero-order chi connectivity index (χ0) is 13.1. The highest BCUT2D eigenvalue weighted by molar-refractivity contribution is 5.71. The van der Waals surface area contributed by atoms with Gasteiger partial charge in [-0.25, -0.2) is 4.79 Å². The number of hydrogen-bond donors (Lipinski definition) is 2. The molecule has 94 valence electrons. The predicted molar refractivity (Wildman–Crippen MR) is 71.1 cm³/mol. The number of nitrogens with two attached hydrogens (primary N) is 1. The highest BCUT2D eigenvalue weighted by atomic mass is 16.2. The van der Waals surface area contributed by atoms with Crippen molar-refractivity contribution in [2.24, 2.45) is 5.73 Å². The van der Waals surface area contributed by atoms with Gasteiger partial charge in [0, 0.05) is 12.0 Å². The maximum atomic E-state index is 10.7. The number of amides is 2. The molecule has 0 aliphatic heterocycles. The summed E-state index contributed by atoms with van der Waals surface area (Å²) in [6.45, 7) is 9.08. The van der Waals surface area contributed by atoms with Gasteiger partial charge >= 0.3 is 6.03 Å². The van der Waals surface area contributed by atoms with Crippen molar-refractivity contribution in [3.05, 3.63) is 35.4 Å². The lowest BCUT2D eigenvalue weighted by Crippen LogP contribution is -2.39. The molecule has 0 unspecified atom stereocenters. The fraction of sp³-hybridized carbons (Fsp3) is 0.500. The molecular weight excluding hydrogens is 212 g/mol. The average Bonchev–Trinajstić information content (AvgIpc) is 2.27. The molecule has 0 atom stereocenters. The van der Waals surface area contributed by atoms with Crippen molar-refractivity contribution in [1.29, 1.82) is 0 Å². The van der Waals surface area contributed by atoms with E-state index in [0.717, 1.165) is 0 Å². The second kappa shape index (κ2) is 5.21. The van der Waals surface area contributed by atoms with Gasteiger partial charge in [-0.1, -0.05) is 52.0 Å². The van der Waals surface area contributed by atoms with Crippen LogP contribution in [0.25, 0.3) is 0 Å². The van der Waals surface area contributed by atoms with E-state index in [9.17, 15) is 4.79 Å². The maximum Gasteiger partial charge on any atom is 0.312 e. The lowest BCUT2D eigenvalue weighted by Gasteiger charge is -2.25. The van der Waals surface area contributed by atoms with Crippen LogP contribution in [0.15, 0.2) is 24.3 Å². The van der Waals surface area contributed by atoms with E-state index in [0.29, 0.717) is 12.5 Å². The highest BCUT2D eigenvalue weighted by Gasteiger charge is 2.20. The van der Waals surface area contributed by atoms with Crippen LogP contribution in [0.5, 0.6) is 0 Å². The molecule has 0 bridgehead atoms. The minimum absolute atomic E-state index is 0.107. The third-order valence-electron chi connectivity index (χ3n) is 3.06. The van der Waals surface area contributed by atoms with Gasteiger partial charge in [0.05, 0.1) is 0 Å². The van der Waals surface area contributed by atoms with Gasteiger partial charge in [0.2, 0.25) is 0 Å². The van der Waals surface area contributed by atoms with Crippen molar-refractivity contribution < 1.29 is 4.79 Å². The monoisotopic (exact) mass is 234 g/mol. The minimum atomic E-state index is -0.475. The molecule has 0 aromatic heterocycles. The lowest BCUT2D eigenvalue weighted by molar-refractivity contribution is 0.246. The fourth-order valence-corrected chi connectivity index (χ4v) is 1.73. The third-order valence-corrected chi connectivity index (χ3v) is 3.06. The zero-order valence-corrected chi connectivity index (χ0v) is 11.1. The molecule has 0 fully saturated rings. The van der Waals surface area contributed by atoms with E-state index in [1.807, 2.05) is 0 Å². The van der Waals surface area contributed by atoms with Gasteiger partial charge in [-0.15, -0.1) is 0 Å². The zero-order valence-electron chi connectivity index (χ0n) is 11.1. The largest absolute Gasteiger partial charge is 0.352 e. The first-order valence-corrected chi connectivity index (χ1v) is 5.96. The number of hydrogen-bond acceptors (Lipinski definition) is 1.